The second-order valence-corrected chi connectivity index (χ2v) is 6.01. The minimum Gasteiger partial charge on any atom is -0.479 e. The van der Waals surface area contributed by atoms with Crippen LogP contribution in [0.1, 0.15) is 25.0 Å². The summed E-state index contributed by atoms with van der Waals surface area (Å²) >= 11 is 0. The van der Waals surface area contributed by atoms with Crippen LogP contribution in [0.15, 0.2) is 48.5 Å². The molecule has 1 N–H and O–H groups in total. The van der Waals surface area contributed by atoms with E-state index in [-0.39, 0.29) is 5.91 Å². The Morgan fingerprint density at radius 1 is 0.920 bits per heavy atom. The molecule has 0 heterocycles. The molecule has 0 unspecified atom stereocenters. The van der Waals surface area contributed by atoms with Crippen molar-refractivity contribution in [3.05, 3.63) is 59.7 Å². The van der Waals surface area contributed by atoms with Gasteiger partial charge in [-0.05, 0) is 57.5 Å². The number of hydrogen-bond donors (Lipinski definition) is 1. The molecular weight excluding hydrogens is 318 g/mol. The van der Waals surface area contributed by atoms with E-state index in [1.54, 1.807) is 25.1 Å². The lowest BCUT2D eigenvalue weighted by Crippen LogP contribution is -2.35. The SMILES string of the molecule is Cc1ccc(NC(=O)[C@@H](C)OC(=O)[C@@H](C)Oc2cccc(C)c2)cc1. The molecule has 0 saturated heterocycles. The summed E-state index contributed by atoms with van der Waals surface area (Å²) in [7, 11) is 0. The fourth-order valence-corrected chi connectivity index (χ4v) is 2.15. The molecule has 0 aliphatic rings. The van der Waals surface area contributed by atoms with Gasteiger partial charge in [0, 0.05) is 5.69 Å². The van der Waals surface area contributed by atoms with Crippen LogP contribution in [0.3, 0.4) is 0 Å². The lowest BCUT2D eigenvalue weighted by Gasteiger charge is -2.18. The fraction of sp³-hybridized carbons (Fsp3) is 0.300. The van der Waals surface area contributed by atoms with Crippen LogP contribution < -0.4 is 10.1 Å². The highest BCUT2D eigenvalue weighted by molar-refractivity contribution is 5.95. The van der Waals surface area contributed by atoms with Crippen LogP contribution in [-0.2, 0) is 14.3 Å². The zero-order valence-electron chi connectivity index (χ0n) is 14.9. The fourth-order valence-electron chi connectivity index (χ4n) is 2.15. The van der Waals surface area contributed by atoms with E-state index in [1.165, 1.54) is 6.92 Å². The topological polar surface area (TPSA) is 64.6 Å². The van der Waals surface area contributed by atoms with Gasteiger partial charge >= 0.3 is 5.97 Å². The summed E-state index contributed by atoms with van der Waals surface area (Å²) < 4.78 is 10.8. The summed E-state index contributed by atoms with van der Waals surface area (Å²) in [4.78, 5) is 24.2. The van der Waals surface area contributed by atoms with E-state index in [0.717, 1.165) is 11.1 Å². The van der Waals surface area contributed by atoms with Gasteiger partial charge in [0.2, 0.25) is 0 Å². The molecule has 0 aliphatic carbocycles. The normalized spacial score (nSPS) is 12.8. The molecule has 1 amide bonds. The summed E-state index contributed by atoms with van der Waals surface area (Å²) in [5, 5.41) is 2.71. The van der Waals surface area contributed by atoms with Crippen molar-refractivity contribution >= 4 is 17.6 Å². The molecule has 0 bridgehead atoms. The Morgan fingerprint density at radius 2 is 1.60 bits per heavy atom. The molecule has 2 rings (SSSR count). The molecule has 2 atom stereocenters. The van der Waals surface area contributed by atoms with Gasteiger partial charge in [-0.3, -0.25) is 4.79 Å². The van der Waals surface area contributed by atoms with Crippen LogP contribution in [0.5, 0.6) is 5.75 Å². The Kier molecular flexibility index (Phi) is 6.17. The molecule has 2 aromatic rings. The second kappa shape index (κ2) is 8.33. The van der Waals surface area contributed by atoms with Gasteiger partial charge in [-0.1, -0.05) is 29.8 Å². The number of hydrogen-bond acceptors (Lipinski definition) is 4. The molecule has 0 radical (unpaired) electrons. The van der Waals surface area contributed by atoms with E-state index < -0.39 is 18.2 Å². The number of ether oxygens (including phenoxy) is 2. The standard InChI is InChI=1S/C20H23NO4/c1-13-8-10-17(11-9-13)21-19(22)15(3)25-20(23)16(4)24-18-7-5-6-14(2)12-18/h5-12,15-16H,1-4H3,(H,21,22)/t15-,16-/m1/s1. The Morgan fingerprint density at radius 3 is 2.24 bits per heavy atom. The van der Waals surface area contributed by atoms with E-state index in [4.69, 9.17) is 9.47 Å². The van der Waals surface area contributed by atoms with E-state index >= 15 is 0 Å². The third kappa shape index (κ3) is 5.64. The van der Waals surface area contributed by atoms with Gasteiger partial charge in [0.15, 0.2) is 12.2 Å². The number of aryl methyl sites for hydroxylation is 2. The highest BCUT2D eigenvalue weighted by Crippen LogP contribution is 2.15. The minimum atomic E-state index is -0.919. The summed E-state index contributed by atoms with van der Waals surface area (Å²) in [5.41, 5.74) is 2.78. The van der Waals surface area contributed by atoms with Gasteiger partial charge in [-0.15, -0.1) is 0 Å². The lowest BCUT2D eigenvalue weighted by atomic mass is 10.2. The van der Waals surface area contributed by atoms with Crippen molar-refractivity contribution in [2.45, 2.75) is 39.9 Å². The molecule has 0 saturated carbocycles. The first-order valence-electron chi connectivity index (χ1n) is 8.16. The molecule has 25 heavy (non-hydrogen) atoms. The summed E-state index contributed by atoms with van der Waals surface area (Å²) in [6.45, 7) is 7.02. The molecule has 0 fully saturated rings. The molecule has 0 aromatic heterocycles. The average molecular weight is 341 g/mol. The van der Waals surface area contributed by atoms with Crippen LogP contribution >= 0.6 is 0 Å². The third-order valence-electron chi connectivity index (χ3n) is 3.62. The van der Waals surface area contributed by atoms with Gasteiger partial charge in [-0.25, -0.2) is 4.79 Å². The molecule has 0 aliphatic heterocycles. The van der Waals surface area contributed by atoms with Gasteiger partial charge in [0.05, 0.1) is 0 Å². The number of benzene rings is 2. The first-order valence-corrected chi connectivity index (χ1v) is 8.16. The highest BCUT2D eigenvalue weighted by Gasteiger charge is 2.23. The van der Waals surface area contributed by atoms with Crippen molar-refractivity contribution in [3.8, 4) is 5.75 Å². The maximum atomic E-state index is 12.1. The van der Waals surface area contributed by atoms with Crippen LogP contribution in [0.25, 0.3) is 0 Å². The van der Waals surface area contributed by atoms with E-state index in [0.29, 0.717) is 11.4 Å². The maximum Gasteiger partial charge on any atom is 0.347 e. The van der Waals surface area contributed by atoms with Gasteiger partial charge < -0.3 is 14.8 Å². The Labute approximate surface area is 148 Å². The first kappa shape index (κ1) is 18.5. The lowest BCUT2D eigenvalue weighted by molar-refractivity contribution is -0.159. The third-order valence-corrected chi connectivity index (χ3v) is 3.62. The molecule has 132 valence electrons. The number of nitrogens with one attached hydrogen (secondary N) is 1. The number of anilines is 1. The largest absolute Gasteiger partial charge is 0.479 e. The van der Waals surface area contributed by atoms with Crippen LogP contribution in [-0.4, -0.2) is 24.1 Å². The first-order chi connectivity index (χ1) is 11.8. The van der Waals surface area contributed by atoms with E-state index in [2.05, 4.69) is 5.32 Å². The van der Waals surface area contributed by atoms with Crippen molar-refractivity contribution < 1.29 is 19.1 Å². The zero-order chi connectivity index (χ0) is 18.4. The minimum absolute atomic E-state index is 0.389. The number of carbonyl (C=O) groups excluding carboxylic acids is 2. The van der Waals surface area contributed by atoms with Gasteiger partial charge in [0.25, 0.3) is 5.91 Å². The van der Waals surface area contributed by atoms with E-state index in [1.807, 2.05) is 44.2 Å². The highest BCUT2D eigenvalue weighted by atomic mass is 16.6. The summed E-state index contributed by atoms with van der Waals surface area (Å²) in [6.07, 6.45) is -1.73. The number of esters is 1. The summed E-state index contributed by atoms with van der Waals surface area (Å²) in [5.74, 6) is -0.394. The van der Waals surface area contributed by atoms with Crippen LogP contribution in [0.4, 0.5) is 5.69 Å². The van der Waals surface area contributed by atoms with Crippen LogP contribution in [0.2, 0.25) is 0 Å². The van der Waals surface area contributed by atoms with Crippen molar-refractivity contribution in [1.29, 1.82) is 0 Å². The van der Waals surface area contributed by atoms with Crippen molar-refractivity contribution in [3.63, 3.8) is 0 Å². The average Bonchev–Trinajstić information content (AvgIpc) is 2.56. The predicted octanol–water partition coefficient (Wildman–Crippen LogP) is 3.64. The van der Waals surface area contributed by atoms with Crippen LogP contribution in [0, 0.1) is 13.8 Å². The van der Waals surface area contributed by atoms with Crippen molar-refractivity contribution in [2.75, 3.05) is 5.32 Å². The quantitative estimate of drug-likeness (QED) is 0.815. The number of rotatable bonds is 6. The van der Waals surface area contributed by atoms with Crippen molar-refractivity contribution in [1.82, 2.24) is 0 Å². The Hall–Kier alpha value is -2.82. The Balaban J connectivity index is 1.87. The smallest absolute Gasteiger partial charge is 0.347 e. The molecule has 5 nitrogen and oxygen atoms in total. The number of carbonyl (C=O) groups is 2. The second-order valence-electron chi connectivity index (χ2n) is 6.01. The molecule has 2 aromatic carbocycles. The zero-order valence-corrected chi connectivity index (χ0v) is 14.9. The molecule has 5 heteroatoms. The monoisotopic (exact) mass is 341 g/mol. The summed E-state index contributed by atoms with van der Waals surface area (Å²) in [6, 6.07) is 14.8. The van der Waals surface area contributed by atoms with Crippen molar-refractivity contribution in [2.24, 2.45) is 0 Å². The Bertz CT molecular complexity index is 740. The van der Waals surface area contributed by atoms with Gasteiger partial charge in [-0.2, -0.15) is 0 Å². The molecule has 0 spiro atoms. The molecular formula is C20H23NO4. The maximum absolute atomic E-state index is 12.1. The van der Waals surface area contributed by atoms with Gasteiger partial charge in [0.1, 0.15) is 5.75 Å². The van der Waals surface area contributed by atoms with E-state index in [9.17, 15) is 9.59 Å². The predicted molar refractivity (Wildman–Crippen MR) is 96.6 cm³/mol. The number of amides is 1.